The summed E-state index contributed by atoms with van der Waals surface area (Å²) in [6.45, 7) is 3.25. The first-order chi connectivity index (χ1) is 14.0. The van der Waals surface area contributed by atoms with Crippen LogP contribution in [-0.4, -0.2) is 26.9 Å². The van der Waals surface area contributed by atoms with E-state index < -0.39 is 28.9 Å². The van der Waals surface area contributed by atoms with Crippen LogP contribution in [0.2, 0.25) is 0 Å². The number of carbonyl (C=O) groups is 1. The summed E-state index contributed by atoms with van der Waals surface area (Å²) in [7, 11) is 0. The van der Waals surface area contributed by atoms with Crippen LogP contribution in [-0.2, 0) is 13.1 Å². The minimum atomic E-state index is -1.31. The first-order valence-corrected chi connectivity index (χ1v) is 9.86. The Morgan fingerprint density at radius 2 is 1.86 bits per heavy atom. The number of rotatable bonds is 7. The van der Waals surface area contributed by atoms with Gasteiger partial charge in [-0.2, -0.15) is 0 Å². The Bertz CT molecular complexity index is 1060. The Morgan fingerprint density at radius 3 is 2.59 bits per heavy atom. The van der Waals surface area contributed by atoms with Gasteiger partial charge in [0.1, 0.15) is 11.6 Å². The van der Waals surface area contributed by atoms with E-state index in [9.17, 15) is 18.0 Å². The fourth-order valence-corrected chi connectivity index (χ4v) is 3.56. The number of aromatic nitrogens is 2. The number of fused-ring (bicyclic) bond motifs is 1. The zero-order valence-electron chi connectivity index (χ0n) is 16.2. The van der Waals surface area contributed by atoms with Crippen LogP contribution in [0.4, 0.5) is 13.2 Å². The molecule has 1 amide bonds. The van der Waals surface area contributed by atoms with Crippen LogP contribution >= 0.6 is 0 Å². The average molecular weight is 401 g/mol. The number of para-hydroxylation sites is 2. The summed E-state index contributed by atoms with van der Waals surface area (Å²) < 4.78 is 43.2. The van der Waals surface area contributed by atoms with E-state index in [1.165, 1.54) is 17.7 Å². The summed E-state index contributed by atoms with van der Waals surface area (Å²) in [5.74, 6) is -2.98. The molecule has 2 aromatic carbocycles. The third-order valence-corrected chi connectivity index (χ3v) is 5.22. The van der Waals surface area contributed by atoms with Gasteiger partial charge in [-0.15, -0.1) is 0 Å². The molecular formula is C22H22F3N3O. The number of benzene rings is 2. The van der Waals surface area contributed by atoms with Gasteiger partial charge in [0.25, 0.3) is 5.91 Å². The lowest BCUT2D eigenvalue weighted by Crippen LogP contribution is -2.33. The average Bonchev–Trinajstić information content (AvgIpc) is 3.46. The molecule has 0 radical (unpaired) electrons. The van der Waals surface area contributed by atoms with E-state index in [4.69, 9.17) is 0 Å². The predicted molar refractivity (Wildman–Crippen MR) is 104 cm³/mol. The molecule has 0 unspecified atom stereocenters. The van der Waals surface area contributed by atoms with Crippen LogP contribution < -0.4 is 0 Å². The van der Waals surface area contributed by atoms with Crippen molar-refractivity contribution in [2.75, 3.05) is 6.54 Å². The van der Waals surface area contributed by atoms with E-state index in [1.807, 2.05) is 31.2 Å². The molecule has 0 aliphatic heterocycles. The molecule has 1 saturated carbocycles. The Kier molecular flexibility index (Phi) is 5.30. The molecule has 0 N–H and O–H groups in total. The molecule has 4 rings (SSSR count). The molecule has 0 spiro atoms. The lowest BCUT2D eigenvalue weighted by molar-refractivity contribution is 0.0731. The number of hydrogen-bond acceptors (Lipinski definition) is 2. The molecule has 0 atom stereocenters. The highest BCUT2D eigenvalue weighted by atomic mass is 19.2. The third-order valence-electron chi connectivity index (χ3n) is 5.22. The number of hydrogen-bond donors (Lipinski definition) is 0. The van der Waals surface area contributed by atoms with E-state index in [-0.39, 0.29) is 6.54 Å². The summed E-state index contributed by atoms with van der Waals surface area (Å²) >= 11 is 0. The fourth-order valence-electron chi connectivity index (χ4n) is 3.56. The standard InChI is InChI=1S/C22H22F3N3O/c1-2-9-27(22(29)15-10-17(24)18(25)11-16(15)23)13-21-26-19-5-3-4-6-20(19)28(21)12-14-7-8-14/h3-6,10-11,14H,2,7-9,12-13H2,1H3. The minimum Gasteiger partial charge on any atom is -0.331 e. The smallest absolute Gasteiger partial charge is 0.257 e. The van der Waals surface area contributed by atoms with Crippen LogP contribution in [0.3, 0.4) is 0 Å². The zero-order valence-corrected chi connectivity index (χ0v) is 16.2. The van der Waals surface area contributed by atoms with Crippen LogP contribution in [0, 0.1) is 23.4 Å². The molecule has 3 aromatic rings. The number of carbonyl (C=O) groups excluding carboxylic acids is 1. The summed E-state index contributed by atoms with van der Waals surface area (Å²) in [4.78, 5) is 19.1. The van der Waals surface area contributed by atoms with E-state index in [1.54, 1.807) is 0 Å². The van der Waals surface area contributed by atoms with Gasteiger partial charge in [-0.05, 0) is 43.4 Å². The van der Waals surface area contributed by atoms with Crippen LogP contribution in [0.1, 0.15) is 42.4 Å². The largest absolute Gasteiger partial charge is 0.331 e. The van der Waals surface area contributed by atoms with Crippen molar-refractivity contribution >= 4 is 16.9 Å². The molecule has 29 heavy (non-hydrogen) atoms. The zero-order chi connectivity index (χ0) is 20.5. The highest BCUT2D eigenvalue weighted by molar-refractivity contribution is 5.94. The van der Waals surface area contributed by atoms with Gasteiger partial charge in [-0.25, -0.2) is 18.2 Å². The van der Waals surface area contributed by atoms with Crippen molar-refractivity contribution in [2.45, 2.75) is 39.3 Å². The third kappa shape index (κ3) is 3.99. The maximum Gasteiger partial charge on any atom is 0.257 e. The van der Waals surface area contributed by atoms with Crippen molar-refractivity contribution in [3.05, 3.63) is 65.2 Å². The van der Waals surface area contributed by atoms with Crippen molar-refractivity contribution in [3.63, 3.8) is 0 Å². The second-order valence-electron chi connectivity index (χ2n) is 7.54. The van der Waals surface area contributed by atoms with Gasteiger partial charge >= 0.3 is 0 Å². The molecule has 0 bridgehead atoms. The first kappa shape index (κ1) is 19.5. The molecule has 1 aliphatic rings. The SMILES string of the molecule is CCCN(Cc1nc2ccccc2n1CC1CC1)C(=O)c1cc(F)c(F)cc1F. The van der Waals surface area contributed by atoms with Gasteiger partial charge < -0.3 is 9.47 Å². The number of imidazole rings is 1. The number of halogens is 3. The van der Waals surface area contributed by atoms with Crippen molar-refractivity contribution in [2.24, 2.45) is 5.92 Å². The van der Waals surface area contributed by atoms with Crippen molar-refractivity contribution < 1.29 is 18.0 Å². The van der Waals surface area contributed by atoms with Gasteiger partial charge in [0, 0.05) is 19.2 Å². The van der Waals surface area contributed by atoms with Crippen molar-refractivity contribution in [1.82, 2.24) is 14.5 Å². The quantitative estimate of drug-likeness (QED) is 0.527. The summed E-state index contributed by atoms with van der Waals surface area (Å²) in [6, 6.07) is 8.81. The Morgan fingerprint density at radius 1 is 1.14 bits per heavy atom. The fraction of sp³-hybridized carbons (Fsp3) is 0.364. The van der Waals surface area contributed by atoms with Gasteiger partial charge in [0.2, 0.25) is 0 Å². The van der Waals surface area contributed by atoms with Crippen LogP contribution in [0.15, 0.2) is 36.4 Å². The normalized spacial score (nSPS) is 13.8. The Labute approximate surface area is 167 Å². The van der Waals surface area contributed by atoms with Crippen LogP contribution in [0.5, 0.6) is 0 Å². The monoisotopic (exact) mass is 401 g/mol. The second kappa shape index (κ2) is 7.89. The van der Waals surface area contributed by atoms with Crippen molar-refractivity contribution in [1.29, 1.82) is 0 Å². The van der Waals surface area contributed by atoms with Crippen molar-refractivity contribution in [3.8, 4) is 0 Å². The maximum absolute atomic E-state index is 14.2. The first-order valence-electron chi connectivity index (χ1n) is 9.86. The van der Waals surface area contributed by atoms with E-state index in [2.05, 4.69) is 9.55 Å². The molecule has 0 saturated heterocycles. The molecule has 1 aromatic heterocycles. The highest BCUT2D eigenvalue weighted by Gasteiger charge is 2.27. The predicted octanol–water partition coefficient (Wildman–Crippen LogP) is 4.92. The summed E-state index contributed by atoms with van der Waals surface area (Å²) in [6.07, 6.45) is 2.98. The summed E-state index contributed by atoms with van der Waals surface area (Å²) in [5, 5.41) is 0. The molecule has 4 nitrogen and oxygen atoms in total. The Balaban J connectivity index is 1.68. The molecule has 1 fully saturated rings. The summed E-state index contributed by atoms with van der Waals surface area (Å²) in [5.41, 5.74) is 1.37. The van der Waals surface area contributed by atoms with E-state index in [0.717, 1.165) is 17.6 Å². The topological polar surface area (TPSA) is 38.1 Å². The number of nitrogens with zero attached hydrogens (tertiary/aromatic N) is 3. The van der Waals surface area contributed by atoms with Crippen LogP contribution in [0.25, 0.3) is 11.0 Å². The second-order valence-corrected chi connectivity index (χ2v) is 7.54. The minimum absolute atomic E-state index is 0.173. The molecule has 7 heteroatoms. The van der Waals surface area contributed by atoms with E-state index in [0.29, 0.717) is 36.8 Å². The highest BCUT2D eigenvalue weighted by Crippen LogP contribution is 2.32. The molecule has 152 valence electrons. The lowest BCUT2D eigenvalue weighted by atomic mass is 10.1. The maximum atomic E-state index is 14.2. The molecular weight excluding hydrogens is 379 g/mol. The molecule has 1 aliphatic carbocycles. The number of amides is 1. The molecule has 1 heterocycles. The Hall–Kier alpha value is -2.83. The van der Waals surface area contributed by atoms with E-state index >= 15 is 0 Å². The van der Waals surface area contributed by atoms with Gasteiger partial charge in [-0.1, -0.05) is 19.1 Å². The van der Waals surface area contributed by atoms with Gasteiger partial charge in [0.15, 0.2) is 11.6 Å². The van der Waals surface area contributed by atoms with Gasteiger partial charge in [-0.3, -0.25) is 4.79 Å². The lowest BCUT2D eigenvalue weighted by Gasteiger charge is -2.23. The van der Waals surface area contributed by atoms with Gasteiger partial charge in [0.05, 0.1) is 23.1 Å².